The maximum Gasteiger partial charge on any atom is 0.488 e. The predicted molar refractivity (Wildman–Crippen MR) is 296 cm³/mol. The Morgan fingerprint density at radius 1 is 0.951 bits per heavy atom. The van der Waals surface area contributed by atoms with Gasteiger partial charge in [0, 0.05) is 78.4 Å². The van der Waals surface area contributed by atoms with E-state index in [9.17, 15) is 53.0 Å². The van der Waals surface area contributed by atoms with Gasteiger partial charge in [0.05, 0.1) is 23.8 Å². The molecule has 27 nitrogen and oxygen atoms in total. The lowest BCUT2D eigenvalue weighted by Gasteiger charge is -2.38. The maximum atomic E-state index is 14.6. The standard InChI is InChI=1S/C50H63N10O17P3S/c1-25-21-49(3,4)57-33-19-35-31(17-29(25)33)39(32-18-30-26(2)22-50(5,6)58-34(30)20-36(32)73-35)27-11-8-9-12-28(27)45(64)59(7)16-10-13-38(61)52-14-15-53-48(65)75-42-37(23-72-78(66,67)76-79(68,69)77-80(70,71)81)74-46(41(42)62)60-24-54-40-43(60)55-47(51)56-44(40)63/h8-9,11-12,17-20,24-26,37,41-42,46,57,62H,10,13-16,21-23H2,1-7H3,(H,52,61)(H,53,65)(H,66,67)(H,68,69)(H2,70,71,81)(H3,51,55,56,63)/t25?,26?,37-,41-,42-,46-/m1/s1. The number of aromatic nitrogens is 4. The van der Waals surface area contributed by atoms with E-state index in [0.717, 1.165) is 67.8 Å². The number of aliphatic hydroxyl groups is 1. The number of amides is 3. The Hall–Kier alpha value is -5.96. The van der Waals surface area contributed by atoms with Crippen LogP contribution < -0.4 is 42.6 Å². The van der Waals surface area contributed by atoms with Crippen molar-refractivity contribution in [3.63, 3.8) is 0 Å². The lowest BCUT2D eigenvalue weighted by Crippen LogP contribution is -2.42. The van der Waals surface area contributed by atoms with Crippen LogP contribution in [0, 0.1) is 0 Å². The molecule has 8 atom stereocenters. The number of phosphoric acid groups is 2. The minimum Gasteiger partial charge on any atom is -0.456 e. The van der Waals surface area contributed by atoms with Crippen LogP contribution in [0.5, 0.6) is 11.5 Å². The number of carbonyl (C=O) groups excluding carboxylic acids is 3. The van der Waals surface area contributed by atoms with E-state index in [1.54, 1.807) is 18.0 Å². The number of nitrogens with one attached hydrogen (secondary N) is 4. The number of alkyl carbamates (subject to hydrolysis) is 1. The first-order valence-corrected chi connectivity index (χ1v) is 31.3. The van der Waals surface area contributed by atoms with E-state index in [1.807, 2.05) is 24.3 Å². The number of H-pyrrole nitrogens is 1. The summed E-state index contributed by atoms with van der Waals surface area (Å²) in [4.78, 5) is 108. The van der Waals surface area contributed by atoms with E-state index in [1.165, 1.54) is 0 Å². The number of nitrogens with zero attached hydrogens (tertiary/aromatic N) is 5. The van der Waals surface area contributed by atoms with Gasteiger partial charge >= 0.3 is 28.5 Å². The van der Waals surface area contributed by atoms with Gasteiger partial charge in [-0.1, -0.05) is 32.0 Å². The molecule has 0 spiro atoms. The number of imidazole rings is 1. The molecule has 0 saturated carbocycles. The van der Waals surface area contributed by atoms with Crippen LogP contribution in [0.25, 0.3) is 16.7 Å². The molecule has 6 heterocycles. The van der Waals surface area contributed by atoms with Gasteiger partial charge in [0.2, 0.25) is 11.9 Å². The lowest BCUT2D eigenvalue weighted by molar-refractivity contribution is -0.121. The van der Waals surface area contributed by atoms with Gasteiger partial charge in [-0.2, -0.15) is 9.29 Å². The number of hydrogen-bond donors (Lipinski definition) is 10. The van der Waals surface area contributed by atoms with E-state index < -0.39 is 71.1 Å². The zero-order chi connectivity index (χ0) is 58.7. The highest BCUT2D eigenvalue weighted by Crippen LogP contribution is 2.66. The molecule has 9 rings (SSSR count). The van der Waals surface area contributed by atoms with Crippen molar-refractivity contribution >= 4 is 80.5 Å². The first-order valence-electron chi connectivity index (χ1n) is 25.7. The van der Waals surface area contributed by atoms with Gasteiger partial charge in [0.1, 0.15) is 23.7 Å². The average Bonchev–Trinajstić information content (AvgIpc) is 3.92. The minimum atomic E-state index is -5.72. The summed E-state index contributed by atoms with van der Waals surface area (Å²) in [6.07, 6.45) is -4.93. The monoisotopic (exact) mass is 1200 g/mol. The van der Waals surface area contributed by atoms with Crippen LogP contribution in [0.15, 0.2) is 64.6 Å². The Kier molecular flexibility index (Phi) is 16.7. The Labute approximate surface area is 468 Å². The number of fused-ring (bicyclic) bond motifs is 5. The van der Waals surface area contributed by atoms with Gasteiger partial charge in [-0.15, -0.1) is 0 Å². The number of nitrogens with two attached hydrogens (primary N) is 1. The lowest BCUT2D eigenvalue weighted by atomic mass is 9.79. The van der Waals surface area contributed by atoms with Crippen molar-refractivity contribution in [1.29, 1.82) is 0 Å². The number of nitrogen functional groups attached to an aromatic ring is 1. The first-order chi connectivity index (χ1) is 37.9. The quantitative estimate of drug-likeness (QED) is 0.0427. The first kappa shape index (κ1) is 59.7. The number of carbonyl (C=O) groups is 3. The van der Waals surface area contributed by atoms with Crippen LogP contribution in [0.2, 0.25) is 0 Å². The minimum absolute atomic E-state index is 0.00835. The molecule has 2 aromatic heterocycles. The van der Waals surface area contributed by atoms with Crippen molar-refractivity contribution in [2.45, 2.75) is 115 Å². The van der Waals surface area contributed by atoms with E-state index in [0.29, 0.717) is 17.1 Å². The maximum absolute atomic E-state index is 14.6. The largest absolute Gasteiger partial charge is 0.488 e. The number of phosphoric ester groups is 1. The molecule has 3 aromatic carbocycles. The highest BCUT2D eigenvalue weighted by molar-refractivity contribution is 8.08. The summed E-state index contributed by atoms with van der Waals surface area (Å²) in [6, 6.07) is 16.0. The summed E-state index contributed by atoms with van der Waals surface area (Å²) < 4.78 is 56.6. The van der Waals surface area contributed by atoms with Gasteiger partial charge < -0.3 is 65.5 Å². The Balaban J connectivity index is 0.838. The molecule has 31 heteroatoms. The third-order valence-electron chi connectivity index (χ3n) is 14.1. The topological polar surface area (TPSA) is 383 Å². The van der Waals surface area contributed by atoms with Gasteiger partial charge in [-0.3, -0.25) is 33.5 Å². The summed E-state index contributed by atoms with van der Waals surface area (Å²) >= 11 is 4.10. The molecule has 81 heavy (non-hydrogen) atoms. The van der Waals surface area contributed by atoms with Crippen LogP contribution in [0.1, 0.15) is 118 Å². The van der Waals surface area contributed by atoms with Crippen molar-refractivity contribution in [2.75, 3.05) is 44.3 Å². The van der Waals surface area contributed by atoms with Crippen LogP contribution >= 0.6 is 22.4 Å². The number of anilines is 2. The fourth-order valence-corrected chi connectivity index (χ4v) is 14.7. The highest BCUT2D eigenvalue weighted by atomic mass is 32.5. The number of hydrogen-bond acceptors (Lipinski definition) is 19. The van der Waals surface area contributed by atoms with Crippen LogP contribution in [-0.2, 0) is 48.4 Å². The smallest absolute Gasteiger partial charge is 0.456 e. The molecule has 4 unspecified atom stereocenters. The fourth-order valence-electron chi connectivity index (χ4n) is 10.9. The molecule has 4 aliphatic heterocycles. The molecule has 436 valence electrons. The Morgan fingerprint density at radius 3 is 2.41 bits per heavy atom. The number of benzene rings is 3. The molecule has 11 N–H and O–H groups in total. The second kappa shape index (κ2) is 22.7. The number of ether oxygens (including phenoxy) is 3. The van der Waals surface area contributed by atoms with E-state index in [-0.39, 0.29) is 78.4 Å². The number of rotatable bonds is 18. The van der Waals surface area contributed by atoms with Crippen molar-refractivity contribution in [2.24, 2.45) is 4.99 Å². The van der Waals surface area contributed by atoms with E-state index in [4.69, 9.17) is 29.5 Å². The molecule has 1 saturated heterocycles. The Morgan fingerprint density at radius 2 is 1.67 bits per heavy atom. The normalized spacial score (nSPS) is 22.9. The summed E-state index contributed by atoms with van der Waals surface area (Å²) in [7, 11) is -9.68. The van der Waals surface area contributed by atoms with Crippen LogP contribution in [0.3, 0.4) is 0 Å². The fraction of sp³-hybridized carbons (Fsp3) is 0.460. The summed E-state index contributed by atoms with van der Waals surface area (Å²) in [6.45, 7) is 6.98. The van der Waals surface area contributed by atoms with Gasteiger partial charge in [0.25, 0.3) is 11.5 Å². The molecule has 0 aliphatic carbocycles. The SMILES string of the molecule is CC1CC(C)(C)Nc2cc3c(cc21)C(c1ccccc1C(=O)N(C)CCCC(=O)NCCNC(=O)O[C@H]1[C@@H](O)[C@H](n2cnc4c(=O)[nH]c(N)nc42)O[C@@H]1COP(=O)(O)OP(=O)(O)OP(O)(O)=S)=c1cc2c(cc1O3)=NC(C)(C)CC2C. The molecular formula is C50H63N10O17P3S. The van der Waals surface area contributed by atoms with Crippen LogP contribution in [-0.4, -0.2) is 130 Å². The van der Waals surface area contributed by atoms with Gasteiger partial charge in [-0.05, 0) is 105 Å². The number of aromatic amines is 1. The summed E-state index contributed by atoms with van der Waals surface area (Å²) in [5.41, 5.74) is 10.4. The molecule has 5 aromatic rings. The second-order valence-corrected chi connectivity index (χ2v) is 27.6. The predicted octanol–water partition coefficient (Wildman–Crippen LogP) is 4.14. The van der Waals surface area contributed by atoms with Crippen molar-refractivity contribution in [3.8, 4) is 11.5 Å². The van der Waals surface area contributed by atoms with Crippen molar-refractivity contribution in [3.05, 3.63) is 104 Å². The third kappa shape index (κ3) is 13.4. The average molecular weight is 1200 g/mol. The van der Waals surface area contributed by atoms with Gasteiger partial charge in [0.15, 0.2) is 23.5 Å². The third-order valence-corrected chi connectivity index (χ3v) is 18.5. The van der Waals surface area contributed by atoms with Crippen molar-refractivity contribution < 1.29 is 75.5 Å². The van der Waals surface area contributed by atoms with E-state index in [2.05, 4.69) is 111 Å². The van der Waals surface area contributed by atoms with E-state index >= 15 is 0 Å². The zero-order valence-electron chi connectivity index (χ0n) is 45.0. The molecular weight excluding hydrogens is 1140 g/mol. The van der Waals surface area contributed by atoms with Crippen LogP contribution in [0.4, 0.5) is 16.4 Å². The van der Waals surface area contributed by atoms with Crippen molar-refractivity contribution in [1.82, 2.24) is 35.1 Å². The summed E-state index contributed by atoms with van der Waals surface area (Å²) in [5, 5.41) is 21.9. The molecule has 0 bridgehead atoms. The summed E-state index contributed by atoms with van der Waals surface area (Å²) in [5.74, 6) is 0.790. The zero-order valence-corrected chi connectivity index (χ0v) is 48.5. The number of aliphatic hydroxyl groups excluding tert-OH is 1. The molecule has 4 aliphatic rings. The van der Waals surface area contributed by atoms with Gasteiger partial charge in [-0.25, -0.2) is 23.2 Å². The Bertz CT molecular complexity index is 3690. The highest BCUT2D eigenvalue weighted by Gasteiger charge is 2.50. The molecule has 3 amide bonds. The second-order valence-electron chi connectivity index (χ2n) is 21.7. The molecule has 1 fully saturated rings. The molecule has 0 radical (unpaired) electrons.